The maximum absolute atomic E-state index is 12.6. The maximum atomic E-state index is 12.6. The van der Waals surface area contributed by atoms with Crippen LogP contribution in [-0.4, -0.2) is 15.7 Å². The van der Waals surface area contributed by atoms with E-state index in [1.807, 2.05) is 44.2 Å². The number of aryl methyl sites for hydroxylation is 1. The lowest BCUT2D eigenvalue weighted by molar-refractivity contribution is 0.0942. The topological polar surface area (TPSA) is 34.9 Å². The predicted octanol–water partition coefficient (Wildman–Crippen LogP) is 5.09. The van der Waals surface area contributed by atoms with Crippen LogP contribution in [0.3, 0.4) is 0 Å². The lowest BCUT2D eigenvalue weighted by Gasteiger charge is -2.05. The molecule has 0 aliphatic rings. The molecule has 1 aromatic heterocycles. The zero-order valence-electron chi connectivity index (χ0n) is 14.6. The Balaban J connectivity index is 2.00. The summed E-state index contributed by atoms with van der Waals surface area (Å²) >= 11 is 0. The molecule has 0 aliphatic carbocycles. The number of carbonyl (C=O) groups excluding carboxylic acids is 1. The normalized spacial score (nSPS) is 10.9. The largest absolute Gasteiger partial charge is 0.278 e. The third-order valence-corrected chi connectivity index (χ3v) is 4.43. The minimum atomic E-state index is -0.0413. The van der Waals surface area contributed by atoms with Crippen LogP contribution in [0.5, 0.6) is 0 Å². The number of unbranched alkanes of at least 4 members (excludes halogenated alkanes) is 5. The number of hydrogen-bond donors (Lipinski definition) is 0. The van der Waals surface area contributed by atoms with E-state index in [4.69, 9.17) is 0 Å². The average Bonchev–Trinajstić information content (AvgIpc) is 2.86. The van der Waals surface area contributed by atoms with Gasteiger partial charge in [0.1, 0.15) is 0 Å². The maximum Gasteiger partial charge on any atom is 0.278 e. The Morgan fingerprint density at radius 2 is 1.65 bits per heavy atom. The van der Waals surface area contributed by atoms with Crippen molar-refractivity contribution in [3.63, 3.8) is 0 Å². The molecular formula is C20H28N2O. The van der Waals surface area contributed by atoms with Crippen molar-refractivity contribution >= 4 is 5.91 Å². The molecule has 0 N–H and O–H groups in total. The van der Waals surface area contributed by atoms with Crippen LogP contribution in [0.4, 0.5) is 0 Å². The van der Waals surface area contributed by atoms with Crippen LogP contribution in [-0.2, 0) is 6.42 Å². The van der Waals surface area contributed by atoms with Crippen molar-refractivity contribution in [3.05, 3.63) is 52.8 Å². The summed E-state index contributed by atoms with van der Waals surface area (Å²) in [4.78, 5) is 12.6. The van der Waals surface area contributed by atoms with Gasteiger partial charge in [-0.15, -0.1) is 0 Å². The molecule has 0 radical (unpaired) electrons. The van der Waals surface area contributed by atoms with Crippen LogP contribution in [0, 0.1) is 13.8 Å². The Morgan fingerprint density at radius 1 is 1.00 bits per heavy atom. The zero-order chi connectivity index (χ0) is 16.7. The second-order valence-electron chi connectivity index (χ2n) is 6.25. The summed E-state index contributed by atoms with van der Waals surface area (Å²) in [6.07, 6.45) is 8.72. The molecule has 0 amide bonds. The fourth-order valence-electron chi connectivity index (χ4n) is 3.02. The van der Waals surface area contributed by atoms with E-state index in [9.17, 15) is 4.79 Å². The highest BCUT2D eigenvalue weighted by Crippen LogP contribution is 2.18. The molecule has 0 bridgehead atoms. The summed E-state index contributed by atoms with van der Waals surface area (Å²) < 4.78 is 1.57. The van der Waals surface area contributed by atoms with E-state index >= 15 is 0 Å². The minimum absolute atomic E-state index is 0.0413. The number of carbonyl (C=O) groups is 1. The molecule has 3 nitrogen and oxygen atoms in total. The number of nitrogens with zero attached hydrogens (tertiary/aromatic N) is 2. The fraction of sp³-hybridized carbons (Fsp3) is 0.500. The third kappa shape index (κ3) is 4.54. The van der Waals surface area contributed by atoms with E-state index in [1.54, 1.807) is 4.68 Å². The second-order valence-corrected chi connectivity index (χ2v) is 6.25. The highest BCUT2D eigenvalue weighted by molar-refractivity contribution is 5.95. The number of hydrogen-bond acceptors (Lipinski definition) is 2. The van der Waals surface area contributed by atoms with Crippen molar-refractivity contribution in [2.45, 2.75) is 65.7 Å². The highest BCUT2D eigenvalue weighted by Gasteiger charge is 2.17. The van der Waals surface area contributed by atoms with Gasteiger partial charge in [-0.3, -0.25) is 4.79 Å². The molecule has 0 saturated heterocycles. The van der Waals surface area contributed by atoms with Crippen molar-refractivity contribution in [1.29, 1.82) is 0 Å². The summed E-state index contributed by atoms with van der Waals surface area (Å²) in [5.74, 6) is -0.0413. The van der Waals surface area contributed by atoms with Crippen LogP contribution in [0.15, 0.2) is 30.3 Å². The van der Waals surface area contributed by atoms with E-state index < -0.39 is 0 Å². The van der Waals surface area contributed by atoms with Crippen LogP contribution in [0.2, 0.25) is 0 Å². The molecule has 124 valence electrons. The van der Waals surface area contributed by atoms with Crippen LogP contribution >= 0.6 is 0 Å². The van der Waals surface area contributed by atoms with Gasteiger partial charge < -0.3 is 0 Å². The first-order valence-corrected chi connectivity index (χ1v) is 8.80. The quantitative estimate of drug-likeness (QED) is 0.636. The minimum Gasteiger partial charge on any atom is -0.267 e. The summed E-state index contributed by atoms with van der Waals surface area (Å²) in [6.45, 7) is 6.26. The van der Waals surface area contributed by atoms with Gasteiger partial charge in [-0.05, 0) is 44.4 Å². The molecule has 3 heteroatoms. The monoisotopic (exact) mass is 312 g/mol. The Bertz CT molecular complexity index is 629. The van der Waals surface area contributed by atoms with Gasteiger partial charge >= 0.3 is 0 Å². The molecule has 2 rings (SSSR count). The Hall–Kier alpha value is -1.90. The summed E-state index contributed by atoms with van der Waals surface area (Å²) in [5, 5.41) is 4.48. The highest BCUT2D eigenvalue weighted by atomic mass is 16.2. The van der Waals surface area contributed by atoms with Gasteiger partial charge in [-0.25, -0.2) is 4.68 Å². The first kappa shape index (κ1) is 17.5. The molecule has 23 heavy (non-hydrogen) atoms. The molecule has 0 saturated carbocycles. The summed E-state index contributed by atoms with van der Waals surface area (Å²) in [6, 6.07) is 9.37. The molecule has 0 unspecified atom stereocenters. The van der Waals surface area contributed by atoms with Gasteiger partial charge in [-0.1, -0.05) is 57.2 Å². The van der Waals surface area contributed by atoms with Gasteiger partial charge in [-0.2, -0.15) is 5.10 Å². The Labute approximate surface area is 139 Å². The third-order valence-electron chi connectivity index (χ3n) is 4.43. The lowest BCUT2D eigenvalue weighted by atomic mass is 10.0. The number of aromatic nitrogens is 2. The number of benzene rings is 1. The first-order valence-electron chi connectivity index (χ1n) is 8.80. The molecule has 0 atom stereocenters. The molecule has 0 aliphatic heterocycles. The second kappa shape index (κ2) is 8.66. The average molecular weight is 312 g/mol. The Morgan fingerprint density at radius 3 is 2.35 bits per heavy atom. The van der Waals surface area contributed by atoms with Crippen LogP contribution in [0.1, 0.15) is 72.8 Å². The first-order chi connectivity index (χ1) is 11.1. The van der Waals surface area contributed by atoms with Gasteiger partial charge in [0.15, 0.2) is 0 Å². The summed E-state index contributed by atoms with van der Waals surface area (Å²) in [5.41, 5.74) is 3.90. The summed E-state index contributed by atoms with van der Waals surface area (Å²) in [7, 11) is 0. The lowest BCUT2D eigenvalue weighted by Crippen LogP contribution is -2.15. The van der Waals surface area contributed by atoms with Gasteiger partial charge in [0.05, 0.1) is 5.69 Å². The van der Waals surface area contributed by atoms with E-state index in [-0.39, 0.29) is 5.91 Å². The molecule has 1 aromatic carbocycles. The van der Waals surface area contributed by atoms with E-state index in [1.165, 1.54) is 44.1 Å². The molecule has 0 spiro atoms. The molecule has 0 fully saturated rings. The van der Waals surface area contributed by atoms with Crippen molar-refractivity contribution in [3.8, 4) is 0 Å². The van der Waals surface area contributed by atoms with Gasteiger partial charge in [0, 0.05) is 11.3 Å². The van der Waals surface area contributed by atoms with E-state index in [0.717, 1.165) is 17.8 Å². The van der Waals surface area contributed by atoms with Crippen molar-refractivity contribution in [2.24, 2.45) is 0 Å². The molecule has 2 aromatic rings. The smallest absolute Gasteiger partial charge is 0.267 e. The number of rotatable bonds is 8. The van der Waals surface area contributed by atoms with Crippen molar-refractivity contribution in [2.75, 3.05) is 0 Å². The SMILES string of the molecule is CCCCCCCCc1c(C)nn(C(=O)c2ccccc2)c1C. The van der Waals surface area contributed by atoms with Crippen molar-refractivity contribution < 1.29 is 4.79 Å². The van der Waals surface area contributed by atoms with E-state index in [0.29, 0.717) is 5.56 Å². The molecule has 1 heterocycles. The zero-order valence-corrected chi connectivity index (χ0v) is 14.6. The predicted molar refractivity (Wildman–Crippen MR) is 95.0 cm³/mol. The van der Waals surface area contributed by atoms with Crippen LogP contribution in [0.25, 0.3) is 0 Å². The fourth-order valence-corrected chi connectivity index (χ4v) is 3.02. The van der Waals surface area contributed by atoms with E-state index in [2.05, 4.69) is 12.0 Å². The van der Waals surface area contributed by atoms with Crippen LogP contribution < -0.4 is 0 Å². The van der Waals surface area contributed by atoms with Gasteiger partial charge in [0.2, 0.25) is 0 Å². The Kier molecular flexibility index (Phi) is 6.57. The molecular weight excluding hydrogens is 284 g/mol. The standard InChI is InChI=1S/C20H28N2O/c1-4-5-6-7-8-12-15-19-16(2)21-22(17(19)3)20(23)18-13-10-9-11-14-18/h9-11,13-14H,4-8,12,15H2,1-3H3. The van der Waals surface area contributed by atoms with Gasteiger partial charge in [0.25, 0.3) is 5.91 Å². The van der Waals surface area contributed by atoms with Crippen molar-refractivity contribution in [1.82, 2.24) is 9.78 Å².